The molecule has 2 aromatic rings. The van der Waals surface area contributed by atoms with E-state index >= 15 is 0 Å². The Labute approximate surface area is 460 Å². The van der Waals surface area contributed by atoms with Gasteiger partial charge in [-0.05, 0) is 61.9 Å². The fraction of sp³-hybridized carbons (Fsp3) is 0.469. The number of amides is 8. The van der Waals surface area contributed by atoms with Crippen molar-refractivity contribution in [2.75, 3.05) is 13.2 Å². The maximum Gasteiger partial charge on any atom is 0.326 e. The lowest BCUT2D eigenvalue weighted by atomic mass is 10.0. The Balaban J connectivity index is 2.52. The van der Waals surface area contributed by atoms with Crippen LogP contribution in [-0.2, 0) is 80.0 Å². The first-order valence-corrected chi connectivity index (χ1v) is 24.8. The third-order valence-corrected chi connectivity index (χ3v) is 11.6. The SMILES string of the molecule is NCCCC[C@H](NC(=O)[C@H](CC(=O)O)NC(=O)[C@@H](N)CO)C(=O)N[C@@H](Cc1ccc(O)cc1)C(=O)N[C@@H](CC(=O)O)C(=O)N[C@@H](CC(=O)O)C(=O)N[C@@H](CCC(=O)O)C(=O)N[C@@H](CCC(=O)O)C(=O)N[C@@H](Cc1ccccc1)C(=O)O. The van der Waals surface area contributed by atoms with Gasteiger partial charge in [-0.3, -0.25) is 62.3 Å². The average molecular weight is 1150 g/mol. The molecule has 2 rings (SSSR count). The van der Waals surface area contributed by atoms with Crippen LogP contribution in [0.2, 0.25) is 0 Å². The van der Waals surface area contributed by atoms with Crippen LogP contribution >= 0.6 is 0 Å². The number of unbranched alkanes of at least 4 members (excludes halogenated alkanes) is 1. The van der Waals surface area contributed by atoms with E-state index in [4.69, 9.17) is 11.5 Å². The summed E-state index contributed by atoms with van der Waals surface area (Å²) >= 11 is 0. The third-order valence-electron chi connectivity index (χ3n) is 11.6. The number of hydrogen-bond acceptors (Lipinski definition) is 18. The number of aromatic hydroxyl groups is 1. The molecule has 0 aliphatic heterocycles. The first kappa shape index (κ1) is 67.8. The van der Waals surface area contributed by atoms with E-state index in [-0.39, 0.29) is 43.5 Å². The summed E-state index contributed by atoms with van der Waals surface area (Å²) in [7, 11) is 0. The Morgan fingerprint density at radius 3 is 1.11 bits per heavy atom. The number of carbonyl (C=O) groups is 14. The monoisotopic (exact) mass is 1150 g/mol. The number of nitrogens with one attached hydrogen (secondary N) is 8. The Morgan fingerprint density at radius 2 is 0.728 bits per heavy atom. The molecule has 0 bridgehead atoms. The van der Waals surface area contributed by atoms with E-state index in [1.807, 2.05) is 10.6 Å². The minimum absolute atomic E-state index is 0.0956. The van der Waals surface area contributed by atoms with Gasteiger partial charge in [-0.2, -0.15) is 0 Å². The van der Waals surface area contributed by atoms with Crippen molar-refractivity contribution in [3.63, 3.8) is 0 Å². The molecule has 0 unspecified atom stereocenters. The molecule has 0 aliphatic rings. The second-order valence-electron chi connectivity index (χ2n) is 18.1. The number of aliphatic hydroxyl groups excluding tert-OH is 1. The maximum absolute atomic E-state index is 14.2. The smallest absolute Gasteiger partial charge is 0.326 e. The summed E-state index contributed by atoms with van der Waals surface area (Å²) in [6.07, 6.45) is -7.44. The fourth-order valence-electron chi connectivity index (χ4n) is 7.38. The van der Waals surface area contributed by atoms with Crippen LogP contribution in [0.15, 0.2) is 54.6 Å². The molecule has 0 saturated heterocycles. The number of phenolic OH excluding ortho intramolecular Hbond substituents is 1. The van der Waals surface area contributed by atoms with Crippen molar-refractivity contribution in [3.05, 3.63) is 65.7 Å². The number of carboxylic acids is 6. The third kappa shape index (κ3) is 25.8. The summed E-state index contributed by atoms with van der Waals surface area (Å²) in [6.45, 7) is -0.800. The molecular weight excluding hydrogens is 1080 g/mol. The zero-order valence-electron chi connectivity index (χ0n) is 43.2. The van der Waals surface area contributed by atoms with Crippen LogP contribution in [0.3, 0.4) is 0 Å². The van der Waals surface area contributed by atoms with Crippen LogP contribution in [0, 0.1) is 0 Å². The summed E-state index contributed by atoms with van der Waals surface area (Å²) < 4.78 is 0. The van der Waals surface area contributed by atoms with Gasteiger partial charge in [0.1, 0.15) is 60.1 Å². The van der Waals surface area contributed by atoms with Crippen molar-refractivity contribution in [1.82, 2.24) is 42.5 Å². The Bertz CT molecular complexity index is 2570. The van der Waals surface area contributed by atoms with Gasteiger partial charge in [0.15, 0.2) is 0 Å². The van der Waals surface area contributed by atoms with Crippen molar-refractivity contribution in [2.24, 2.45) is 11.5 Å². The molecule has 2 aromatic carbocycles. The maximum atomic E-state index is 14.2. The van der Waals surface area contributed by atoms with Crippen molar-refractivity contribution >= 4 is 83.1 Å². The van der Waals surface area contributed by atoms with Gasteiger partial charge in [0.05, 0.1) is 25.9 Å². The first-order chi connectivity index (χ1) is 38.1. The van der Waals surface area contributed by atoms with Crippen LogP contribution in [0.5, 0.6) is 5.75 Å². The minimum Gasteiger partial charge on any atom is -0.508 e. The van der Waals surface area contributed by atoms with Gasteiger partial charge < -0.3 is 94.9 Å². The number of aliphatic carboxylic acids is 6. The number of hydrogen-bond donors (Lipinski definition) is 18. The van der Waals surface area contributed by atoms with Gasteiger partial charge in [0.2, 0.25) is 47.3 Å². The van der Waals surface area contributed by atoms with E-state index < -0.39 is 195 Å². The van der Waals surface area contributed by atoms with E-state index in [9.17, 15) is 108 Å². The van der Waals surface area contributed by atoms with Crippen molar-refractivity contribution in [2.45, 2.75) is 131 Å². The first-order valence-electron chi connectivity index (χ1n) is 24.8. The molecule has 0 saturated carbocycles. The molecule has 8 amide bonds. The summed E-state index contributed by atoms with van der Waals surface area (Å²) in [4.78, 5) is 180. The predicted octanol–water partition coefficient (Wildman–Crippen LogP) is -5.26. The molecule has 9 atom stereocenters. The lowest BCUT2D eigenvalue weighted by molar-refractivity contribution is -0.144. The lowest BCUT2D eigenvalue weighted by Gasteiger charge is -2.27. The van der Waals surface area contributed by atoms with Crippen LogP contribution in [0.25, 0.3) is 0 Å². The van der Waals surface area contributed by atoms with E-state index in [1.165, 1.54) is 24.3 Å². The number of carbonyl (C=O) groups excluding carboxylic acids is 8. The van der Waals surface area contributed by atoms with Crippen molar-refractivity contribution < 1.29 is 108 Å². The van der Waals surface area contributed by atoms with Gasteiger partial charge in [-0.1, -0.05) is 42.5 Å². The largest absolute Gasteiger partial charge is 0.508 e. The van der Waals surface area contributed by atoms with Crippen LogP contribution in [-0.4, -0.2) is 191 Å². The number of nitrogens with two attached hydrogens (primary N) is 2. The molecule has 0 spiro atoms. The number of aliphatic hydroxyl groups is 1. The zero-order chi connectivity index (χ0) is 60.9. The molecule has 20 N–H and O–H groups in total. The van der Waals surface area contributed by atoms with Crippen LogP contribution in [0.1, 0.15) is 75.3 Å². The molecule has 0 aliphatic carbocycles. The molecule has 0 aromatic heterocycles. The second kappa shape index (κ2) is 34.6. The summed E-state index contributed by atoms with van der Waals surface area (Å²) in [5, 5.41) is 94.0. The van der Waals surface area contributed by atoms with E-state index in [0.29, 0.717) is 5.56 Å². The highest BCUT2D eigenvalue weighted by molar-refractivity contribution is 6.00. The van der Waals surface area contributed by atoms with E-state index in [0.717, 1.165) is 0 Å². The molecule has 0 fully saturated rings. The highest BCUT2D eigenvalue weighted by Crippen LogP contribution is 2.14. The average Bonchev–Trinajstić information content (AvgIpc) is 3.40. The molecular formula is C49H66N10O22. The van der Waals surface area contributed by atoms with Gasteiger partial charge >= 0.3 is 35.8 Å². The number of carboxylic acid groups (broad SMARTS) is 6. The summed E-state index contributed by atoms with van der Waals surface area (Å²) in [6, 6.07) is -4.02. The Morgan fingerprint density at radius 1 is 0.395 bits per heavy atom. The van der Waals surface area contributed by atoms with Crippen LogP contribution < -0.4 is 54.0 Å². The summed E-state index contributed by atoms with van der Waals surface area (Å²) in [5.41, 5.74) is 11.8. The predicted molar refractivity (Wildman–Crippen MR) is 274 cm³/mol. The topological polar surface area (TPSA) is 549 Å². The standard InChI is InChI=1S/C49H66N10O22/c50-17-5-4-8-28(52-46(77)32(20-38(66)67)55-41(72)27(51)23-60)42(73)56-31(18-25-9-11-26(61)12-10-25)45(76)57-34(22-40(70)71)48(79)58-33(21-39(68)69)47(78)54-29(13-15-36(62)63)43(74)53-30(14-16-37(64)65)44(75)59-35(49(80)81)19-24-6-2-1-3-7-24/h1-3,6-7,9-12,27-35,60-61H,4-5,8,13-23,50-51H2,(H,52,77)(H,53,74)(H,54,78)(H,55,72)(H,56,73)(H,57,76)(H,58,79)(H,59,75)(H,62,63)(H,64,65)(H,66,67)(H,68,69)(H,70,71)(H,80,81)/t27-,28-,29-,30-,31-,32-,33-,34-,35-/m0/s1. The van der Waals surface area contributed by atoms with Gasteiger partial charge in [-0.15, -0.1) is 0 Å². The van der Waals surface area contributed by atoms with Crippen LogP contribution in [0.4, 0.5) is 0 Å². The normalized spacial score (nSPS) is 14.2. The highest BCUT2D eigenvalue weighted by atomic mass is 16.4. The Kier molecular flexibility index (Phi) is 28.9. The molecule has 444 valence electrons. The fourth-order valence-corrected chi connectivity index (χ4v) is 7.38. The molecule has 0 heterocycles. The van der Waals surface area contributed by atoms with Gasteiger partial charge in [-0.25, -0.2) is 4.79 Å². The minimum atomic E-state index is -2.27. The van der Waals surface area contributed by atoms with E-state index in [2.05, 4.69) is 31.9 Å². The lowest BCUT2D eigenvalue weighted by Crippen LogP contribution is -2.61. The zero-order valence-corrected chi connectivity index (χ0v) is 43.2. The Hall–Kier alpha value is -9.30. The van der Waals surface area contributed by atoms with Crippen molar-refractivity contribution in [3.8, 4) is 5.75 Å². The summed E-state index contributed by atoms with van der Waals surface area (Å²) in [5.74, 6) is -20.5. The van der Waals surface area contributed by atoms with Gasteiger partial charge in [0.25, 0.3) is 0 Å². The number of phenols is 1. The number of rotatable bonds is 38. The quantitative estimate of drug-likeness (QED) is 0.0279. The molecule has 81 heavy (non-hydrogen) atoms. The number of benzene rings is 2. The van der Waals surface area contributed by atoms with Crippen molar-refractivity contribution in [1.29, 1.82) is 0 Å². The highest BCUT2D eigenvalue weighted by Gasteiger charge is 2.37. The molecule has 32 heteroatoms. The molecule has 32 nitrogen and oxygen atoms in total. The van der Waals surface area contributed by atoms with E-state index in [1.54, 1.807) is 30.3 Å². The van der Waals surface area contributed by atoms with Gasteiger partial charge in [0, 0.05) is 25.7 Å². The second-order valence-corrected chi connectivity index (χ2v) is 18.1. The molecule has 0 radical (unpaired) electrons.